The molecule has 7 nitrogen and oxygen atoms in total. The van der Waals surface area contributed by atoms with Crippen LogP contribution in [0.15, 0.2) is 60.8 Å². The van der Waals surface area contributed by atoms with Gasteiger partial charge in [-0.05, 0) is 37.1 Å². The molecule has 0 bridgehead atoms. The van der Waals surface area contributed by atoms with E-state index in [0.29, 0.717) is 33.8 Å². The van der Waals surface area contributed by atoms with Crippen molar-refractivity contribution in [2.45, 2.75) is 12.8 Å². The lowest BCUT2D eigenvalue weighted by Crippen LogP contribution is -2.43. The van der Waals surface area contributed by atoms with E-state index in [4.69, 9.17) is 11.6 Å². The molecule has 0 unspecified atom stereocenters. The average Bonchev–Trinajstić information content (AvgIpc) is 3.38. The summed E-state index contributed by atoms with van der Waals surface area (Å²) in [4.78, 5) is 32.7. The number of likely N-dealkylation sites (tertiary alicyclic amines) is 1. The van der Waals surface area contributed by atoms with Crippen LogP contribution >= 0.6 is 22.9 Å². The van der Waals surface area contributed by atoms with Crippen LogP contribution in [0.1, 0.15) is 23.2 Å². The van der Waals surface area contributed by atoms with Gasteiger partial charge in [0.25, 0.3) is 5.91 Å². The molecule has 0 radical (unpaired) electrons. The van der Waals surface area contributed by atoms with E-state index in [0.717, 1.165) is 24.1 Å². The monoisotopic (exact) mass is 465 g/mol. The topological polar surface area (TPSA) is 79.6 Å². The molecule has 0 saturated carbocycles. The second-order valence-corrected chi connectivity index (χ2v) is 9.11. The Morgan fingerprint density at radius 2 is 1.88 bits per heavy atom. The first-order valence-electron chi connectivity index (χ1n) is 10.3. The third-order valence-electron chi connectivity index (χ3n) is 5.51. The van der Waals surface area contributed by atoms with Crippen LogP contribution < -0.4 is 5.32 Å². The molecule has 5 rings (SSSR count). The molecule has 3 heterocycles. The molecule has 162 valence electrons. The molecule has 4 aromatic rings. The number of fused-ring (bicyclic) bond motifs is 1. The highest BCUT2D eigenvalue weighted by atomic mass is 35.5. The Morgan fingerprint density at radius 3 is 2.62 bits per heavy atom. The molecule has 1 aliphatic rings. The summed E-state index contributed by atoms with van der Waals surface area (Å²) in [5.74, 6) is -0.490. The third-order valence-corrected chi connectivity index (χ3v) is 6.60. The van der Waals surface area contributed by atoms with Gasteiger partial charge in [-0.3, -0.25) is 9.59 Å². The molecule has 1 N–H and O–H groups in total. The van der Waals surface area contributed by atoms with Gasteiger partial charge in [-0.1, -0.05) is 53.3 Å². The first-order valence-corrected chi connectivity index (χ1v) is 11.5. The molecule has 32 heavy (non-hydrogen) atoms. The van der Waals surface area contributed by atoms with Gasteiger partial charge in [0.15, 0.2) is 0 Å². The predicted octanol–water partition coefficient (Wildman–Crippen LogP) is 4.60. The van der Waals surface area contributed by atoms with Crippen molar-refractivity contribution in [2.24, 2.45) is 5.92 Å². The molecule has 9 heteroatoms. The van der Waals surface area contributed by atoms with Gasteiger partial charge in [0.1, 0.15) is 0 Å². The van der Waals surface area contributed by atoms with Crippen molar-refractivity contribution in [1.82, 2.24) is 19.5 Å². The number of benzene rings is 2. The number of aromatic nitrogens is 3. The minimum atomic E-state index is -0.281. The fourth-order valence-corrected chi connectivity index (χ4v) is 4.77. The van der Waals surface area contributed by atoms with Crippen molar-refractivity contribution in [2.75, 3.05) is 18.4 Å². The Kier molecular flexibility index (Phi) is 5.63. The van der Waals surface area contributed by atoms with Gasteiger partial charge in [0, 0.05) is 29.2 Å². The first kappa shape index (κ1) is 20.7. The summed E-state index contributed by atoms with van der Waals surface area (Å²) in [6.07, 6.45) is 3.36. The number of carbonyl (C=O) groups excluding carboxylic acids is 2. The summed E-state index contributed by atoms with van der Waals surface area (Å²) in [5.41, 5.74) is 2.43. The molecule has 0 aliphatic carbocycles. The van der Waals surface area contributed by atoms with E-state index in [1.54, 1.807) is 33.7 Å². The lowest BCUT2D eigenvalue weighted by atomic mass is 9.96. The number of anilines is 1. The maximum atomic E-state index is 12.9. The smallest absolute Gasteiger partial charge is 0.253 e. The number of amides is 2. The van der Waals surface area contributed by atoms with Crippen LogP contribution in [0.3, 0.4) is 0 Å². The molecular weight excluding hydrogens is 446 g/mol. The number of nitrogens with one attached hydrogen (secondary N) is 1. The fraction of sp³-hybridized carbons (Fsp3) is 0.217. The van der Waals surface area contributed by atoms with E-state index in [2.05, 4.69) is 15.4 Å². The highest BCUT2D eigenvalue weighted by Gasteiger charge is 2.29. The van der Waals surface area contributed by atoms with Gasteiger partial charge in [-0.25, -0.2) is 9.50 Å². The quantitative estimate of drug-likeness (QED) is 0.477. The van der Waals surface area contributed by atoms with Crippen molar-refractivity contribution in [3.63, 3.8) is 0 Å². The number of hydrogen-bond donors (Lipinski definition) is 1. The highest BCUT2D eigenvalue weighted by molar-refractivity contribution is 7.20. The Hall–Kier alpha value is -3.23. The van der Waals surface area contributed by atoms with Crippen LogP contribution in [-0.2, 0) is 4.79 Å². The molecule has 2 amide bonds. The van der Waals surface area contributed by atoms with Crippen LogP contribution in [0, 0.1) is 5.92 Å². The maximum absolute atomic E-state index is 12.9. The Labute approximate surface area is 193 Å². The van der Waals surface area contributed by atoms with Gasteiger partial charge in [-0.2, -0.15) is 0 Å². The van der Waals surface area contributed by atoms with Crippen LogP contribution in [-0.4, -0.2) is 44.4 Å². The number of carbonyl (C=O) groups is 2. The van der Waals surface area contributed by atoms with Gasteiger partial charge < -0.3 is 10.2 Å². The zero-order valence-corrected chi connectivity index (χ0v) is 18.6. The number of nitrogens with zero attached hydrogens (tertiary/aromatic N) is 4. The number of imidazole rings is 1. The SMILES string of the molecule is O=C(Nc1nn2cc(-c3ccccc3)nc2s1)[C@@H]1CCCN(C(=O)c2ccc(Cl)cc2)C1. The van der Waals surface area contributed by atoms with Gasteiger partial charge >= 0.3 is 0 Å². The lowest BCUT2D eigenvalue weighted by Gasteiger charge is -2.32. The molecular formula is C23H20ClN5O2S. The van der Waals surface area contributed by atoms with E-state index < -0.39 is 0 Å². The molecule has 1 atom stereocenters. The van der Waals surface area contributed by atoms with Crippen molar-refractivity contribution < 1.29 is 9.59 Å². The van der Waals surface area contributed by atoms with Crippen molar-refractivity contribution >= 4 is 44.8 Å². The Balaban J connectivity index is 1.25. The number of rotatable bonds is 4. The van der Waals surface area contributed by atoms with E-state index >= 15 is 0 Å². The van der Waals surface area contributed by atoms with E-state index in [1.165, 1.54) is 11.3 Å². The average molecular weight is 466 g/mol. The standard InChI is InChI=1S/C23H20ClN5O2S/c24-18-10-8-16(9-11-18)21(31)28-12-4-7-17(13-28)20(30)26-22-27-29-14-19(25-23(29)32-22)15-5-2-1-3-6-15/h1-3,5-6,8-11,14,17H,4,7,12-13H2,(H,26,27,30)/t17-/m1/s1. The zero-order chi connectivity index (χ0) is 22.1. The third kappa shape index (κ3) is 4.24. The van der Waals surface area contributed by atoms with Crippen LogP contribution in [0.4, 0.5) is 5.13 Å². The largest absolute Gasteiger partial charge is 0.338 e. The minimum absolute atomic E-state index is 0.0830. The minimum Gasteiger partial charge on any atom is -0.338 e. The summed E-state index contributed by atoms with van der Waals surface area (Å²) in [6, 6.07) is 16.7. The first-order chi connectivity index (χ1) is 15.6. The molecule has 1 saturated heterocycles. The second kappa shape index (κ2) is 8.72. The van der Waals surface area contributed by atoms with Crippen LogP contribution in [0.2, 0.25) is 5.02 Å². The van der Waals surface area contributed by atoms with Crippen LogP contribution in [0.5, 0.6) is 0 Å². The van der Waals surface area contributed by atoms with Crippen molar-refractivity contribution in [1.29, 1.82) is 0 Å². The summed E-state index contributed by atoms with van der Waals surface area (Å²) in [7, 11) is 0. The summed E-state index contributed by atoms with van der Waals surface area (Å²) in [5, 5.41) is 8.44. The number of halogens is 1. The maximum Gasteiger partial charge on any atom is 0.253 e. The van der Waals surface area contributed by atoms with Gasteiger partial charge in [-0.15, -0.1) is 5.10 Å². The van der Waals surface area contributed by atoms with E-state index in [1.807, 2.05) is 36.5 Å². The van der Waals surface area contributed by atoms with Crippen molar-refractivity contribution in [3.05, 3.63) is 71.4 Å². The molecule has 1 aliphatic heterocycles. The van der Waals surface area contributed by atoms with Crippen LogP contribution in [0.25, 0.3) is 16.2 Å². The summed E-state index contributed by atoms with van der Waals surface area (Å²) in [6.45, 7) is 1.02. The Bertz CT molecular complexity index is 1240. The number of piperidine rings is 1. The van der Waals surface area contributed by atoms with Gasteiger partial charge in [0.05, 0.1) is 17.8 Å². The zero-order valence-electron chi connectivity index (χ0n) is 17.1. The fourth-order valence-electron chi connectivity index (χ4n) is 3.86. The molecule has 2 aromatic heterocycles. The summed E-state index contributed by atoms with van der Waals surface area (Å²) < 4.78 is 1.68. The second-order valence-electron chi connectivity index (χ2n) is 7.71. The van der Waals surface area contributed by atoms with E-state index in [-0.39, 0.29) is 17.7 Å². The summed E-state index contributed by atoms with van der Waals surface area (Å²) >= 11 is 7.24. The molecule has 2 aromatic carbocycles. The van der Waals surface area contributed by atoms with E-state index in [9.17, 15) is 9.59 Å². The Morgan fingerprint density at radius 1 is 1.09 bits per heavy atom. The molecule has 0 spiro atoms. The molecule has 1 fully saturated rings. The highest BCUT2D eigenvalue weighted by Crippen LogP contribution is 2.26. The van der Waals surface area contributed by atoms with Crippen molar-refractivity contribution in [3.8, 4) is 11.3 Å². The predicted molar refractivity (Wildman–Crippen MR) is 125 cm³/mol. The normalized spacial score (nSPS) is 16.3. The number of hydrogen-bond acceptors (Lipinski definition) is 5. The lowest BCUT2D eigenvalue weighted by molar-refractivity contribution is -0.121. The van der Waals surface area contributed by atoms with Gasteiger partial charge in [0.2, 0.25) is 16.0 Å².